The summed E-state index contributed by atoms with van der Waals surface area (Å²) in [6.07, 6.45) is 6.96. The number of carbonyl (C=O) groups excluding carboxylic acids is 1. The fraction of sp³-hybridized carbons (Fsp3) is 0.348. The molecule has 0 radical (unpaired) electrons. The normalized spacial score (nSPS) is 16.9. The molecule has 0 aliphatic carbocycles. The number of hydrogen-bond donors (Lipinski definition) is 1. The summed E-state index contributed by atoms with van der Waals surface area (Å²) in [6, 6.07) is 12.3. The maximum atomic E-state index is 13.0. The minimum Gasteiger partial charge on any atom is -0.346 e. The van der Waals surface area contributed by atoms with Crippen molar-refractivity contribution in [3.05, 3.63) is 71.6 Å². The van der Waals surface area contributed by atoms with Crippen molar-refractivity contribution >= 4 is 22.0 Å². The van der Waals surface area contributed by atoms with Gasteiger partial charge in [-0.25, -0.2) is 12.8 Å². The highest BCUT2D eigenvalue weighted by molar-refractivity contribution is 7.89. The molecule has 0 unspecified atom stereocenters. The molecule has 1 aliphatic rings. The van der Waals surface area contributed by atoms with E-state index in [9.17, 15) is 17.6 Å². The van der Waals surface area contributed by atoms with Crippen molar-refractivity contribution in [1.29, 1.82) is 0 Å². The molecule has 1 heterocycles. The molecule has 5 nitrogen and oxygen atoms in total. The van der Waals surface area contributed by atoms with E-state index < -0.39 is 10.0 Å². The van der Waals surface area contributed by atoms with Gasteiger partial charge in [0.1, 0.15) is 5.82 Å². The Labute approximate surface area is 177 Å². The number of sulfonamides is 1. The molecule has 3 rings (SSSR count). The second-order valence-corrected chi connectivity index (χ2v) is 9.44. The van der Waals surface area contributed by atoms with Gasteiger partial charge in [-0.15, -0.1) is 0 Å². The quantitative estimate of drug-likeness (QED) is 0.696. The molecule has 2 aromatic carbocycles. The molecule has 0 aromatic heterocycles. The summed E-state index contributed by atoms with van der Waals surface area (Å²) in [6.45, 7) is 2.95. The molecule has 1 atom stereocenters. The van der Waals surface area contributed by atoms with Gasteiger partial charge in [-0.05, 0) is 61.2 Å². The van der Waals surface area contributed by atoms with Crippen LogP contribution in [0.2, 0.25) is 0 Å². The second kappa shape index (κ2) is 10.00. The van der Waals surface area contributed by atoms with E-state index in [1.54, 1.807) is 46.8 Å². The molecule has 1 N–H and O–H groups in total. The Morgan fingerprint density at radius 2 is 1.60 bits per heavy atom. The monoisotopic (exact) mass is 430 g/mol. The number of amides is 1. The summed E-state index contributed by atoms with van der Waals surface area (Å²) >= 11 is 0. The maximum Gasteiger partial charge on any atom is 0.244 e. The number of halogens is 1. The third kappa shape index (κ3) is 5.77. The number of hydrogen-bond acceptors (Lipinski definition) is 3. The van der Waals surface area contributed by atoms with Crippen LogP contribution in [0.5, 0.6) is 0 Å². The molecule has 1 saturated heterocycles. The van der Waals surface area contributed by atoms with E-state index in [1.807, 2.05) is 6.92 Å². The van der Waals surface area contributed by atoms with Gasteiger partial charge in [-0.1, -0.05) is 37.1 Å². The van der Waals surface area contributed by atoms with E-state index in [4.69, 9.17) is 0 Å². The first-order chi connectivity index (χ1) is 14.4. The average Bonchev–Trinajstić information content (AvgIpc) is 3.03. The van der Waals surface area contributed by atoms with Gasteiger partial charge in [0.2, 0.25) is 15.9 Å². The Morgan fingerprint density at radius 3 is 2.20 bits per heavy atom. The SMILES string of the molecule is C[C@H](NC(=O)/C=C/c1ccc(S(=O)(=O)N2CCCCCC2)cc1)c1ccc(F)cc1. The van der Waals surface area contributed by atoms with Gasteiger partial charge in [0, 0.05) is 19.2 Å². The fourth-order valence-electron chi connectivity index (χ4n) is 3.45. The molecule has 1 amide bonds. The first kappa shape index (κ1) is 22.2. The van der Waals surface area contributed by atoms with Crippen LogP contribution in [0, 0.1) is 5.82 Å². The smallest absolute Gasteiger partial charge is 0.244 e. The number of benzene rings is 2. The molecule has 7 heteroatoms. The Balaban J connectivity index is 1.61. The van der Waals surface area contributed by atoms with Crippen molar-refractivity contribution in [3.63, 3.8) is 0 Å². The van der Waals surface area contributed by atoms with Crippen LogP contribution in [-0.4, -0.2) is 31.7 Å². The summed E-state index contributed by atoms with van der Waals surface area (Å²) in [5, 5.41) is 2.82. The van der Waals surface area contributed by atoms with Gasteiger partial charge in [-0.3, -0.25) is 4.79 Å². The van der Waals surface area contributed by atoms with Crippen LogP contribution in [0.1, 0.15) is 49.8 Å². The third-order valence-electron chi connectivity index (χ3n) is 5.24. The standard InChI is InChI=1S/C23H27FN2O3S/c1-18(20-9-11-21(24)12-10-20)25-23(27)15-8-19-6-13-22(14-7-19)30(28,29)26-16-4-2-3-5-17-26/h6-15,18H,2-5,16-17H2,1H3,(H,25,27)/b15-8+/t18-/m0/s1. The molecule has 1 fully saturated rings. The van der Waals surface area contributed by atoms with Gasteiger partial charge in [0.05, 0.1) is 10.9 Å². The van der Waals surface area contributed by atoms with E-state index in [2.05, 4.69) is 5.32 Å². The highest BCUT2D eigenvalue weighted by Gasteiger charge is 2.24. The molecule has 1 aliphatic heterocycles. The summed E-state index contributed by atoms with van der Waals surface area (Å²) in [4.78, 5) is 12.4. The van der Waals surface area contributed by atoms with Gasteiger partial charge in [-0.2, -0.15) is 4.31 Å². The van der Waals surface area contributed by atoms with E-state index in [1.165, 1.54) is 18.2 Å². The highest BCUT2D eigenvalue weighted by atomic mass is 32.2. The Hall–Kier alpha value is -2.51. The van der Waals surface area contributed by atoms with Crippen molar-refractivity contribution in [1.82, 2.24) is 9.62 Å². The molecular formula is C23H27FN2O3S. The van der Waals surface area contributed by atoms with E-state index in [0.29, 0.717) is 13.1 Å². The first-order valence-corrected chi connectivity index (χ1v) is 11.6. The van der Waals surface area contributed by atoms with Crippen molar-refractivity contribution < 1.29 is 17.6 Å². The van der Waals surface area contributed by atoms with Gasteiger partial charge < -0.3 is 5.32 Å². The zero-order valence-electron chi connectivity index (χ0n) is 17.1. The zero-order valence-corrected chi connectivity index (χ0v) is 17.9. The fourth-order valence-corrected chi connectivity index (χ4v) is 4.97. The summed E-state index contributed by atoms with van der Waals surface area (Å²) < 4.78 is 40.2. The lowest BCUT2D eigenvalue weighted by Crippen LogP contribution is -2.31. The zero-order chi connectivity index (χ0) is 21.6. The minimum absolute atomic E-state index is 0.260. The third-order valence-corrected chi connectivity index (χ3v) is 7.15. The lowest BCUT2D eigenvalue weighted by Gasteiger charge is -2.19. The highest BCUT2D eigenvalue weighted by Crippen LogP contribution is 2.21. The molecule has 0 spiro atoms. The topological polar surface area (TPSA) is 66.5 Å². The number of carbonyl (C=O) groups is 1. The lowest BCUT2D eigenvalue weighted by molar-refractivity contribution is -0.117. The van der Waals surface area contributed by atoms with Gasteiger partial charge in [0.25, 0.3) is 0 Å². The van der Waals surface area contributed by atoms with E-state index >= 15 is 0 Å². The van der Waals surface area contributed by atoms with Crippen LogP contribution in [0.15, 0.2) is 59.5 Å². The summed E-state index contributed by atoms with van der Waals surface area (Å²) in [7, 11) is -3.48. The van der Waals surface area contributed by atoms with Crippen LogP contribution in [0.25, 0.3) is 6.08 Å². The van der Waals surface area contributed by atoms with Crippen LogP contribution in [-0.2, 0) is 14.8 Å². The number of rotatable bonds is 6. The molecule has 2 aromatic rings. The lowest BCUT2D eigenvalue weighted by atomic mass is 10.1. The predicted molar refractivity (Wildman–Crippen MR) is 116 cm³/mol. The minimum atomic E-state index is -3.48. The predicted octanol–water partition coefficient (Wildman–Crippen LogP) is 4.28. The van der Waals surface area contributed by atoms with Crippen molar-refractivity contribution in [2.75, 3.05) is 13.1 Å². The second-order valence-electron chi connectivity index (χ2n) is 7.50. The molecular weight excluding hydrogens is 403 g/mol. The van der Waals surface area contributed by atoms with Gasteiger partial charge >= 0.3 is 0 Å². The van der Waals surface area contributed by atoms with E-state index in [0.717, 1.165) is 36.8 Å². The molecule has 30 heavy (non-hydrogen) atoms. The van der Waals surface area contributed by atoms with Crippen LogP contribution < -0.4 is 5.32 Å². The summed E-state index contributed by atoms with van der Waals surface area (Å²) in [5.41, 5.74) is 1.54. The average molecular weight is 431 g/mol. The molecule has 0 saturated carbocycles. The number of nitrogens with one attached hydrogen (secondary N) is 1. The Morgan fingerprint density at radius 1 is 1.00 bits per heavy atom. The molecule has 160 valence electrons. The van der Waals surface area contributed by atoms with Crippen LogP contribution in [0.3, 0.4) is 0 Å². The largest absolute Gasteiger partial charge is 0.346 e. The van der Waals surface area contributed by atoms with Crippen LogP contribution in [0.4, 0.5) is 4.39 Å². The number of nitrogens with zero attached hydrogens (tertiary/aromatic N) is 1. The van der Waals surface area contributed by atoms with Crippen LogP contribution >= 0.6 is 0 Å². The maximum absolute atomic E-state index is 13.0. The van der Waals surface area contributed by atoms with Crippen molar-refractivity contribution in [3.8, 4) is 0 Å². The summed E-state index contributed by atoms with van der Waals surface area (Å²) in [5.74, 6) is -0.605. The van der Waals surface area contributed by atoms with E-state index in [-0.39, 0.29) is 22.7 Å². The molecule has 0 bridgehead atoms. The Bertz CT molecular complexity index is 978. The first-order valence-electron chi connectivity index (χ1n) is 10.2. The Kier molecular flexibility index (Phi) is 7.39. The van der Waals surface area contributed by atoms with Crippen molar-refractivity contribution in [2.24, 2.45) is 0 Å². The van der Waals surface area contributed by atoms with Gasteiger partial charge in [0.15, 0.2) is 0 Å². The van der Waals surface area contributed by atoms with Crippen molar-refractivity contribution in [2.45, 2.75) is 43.5 Å².